The molecule has 1 aliphatic rings. The Morgan fingerprint density at radius 2 is 2.25 bits per heavy atom. The molecule has 16 heavy (non-hydrogen) atoms. The van der Waals surface area contributed by atoms with Gasteiger partial charge in [-0.05, 0) is 24.5 Å². The lowest BCUT2D eigenvalue weighted by Gasteiger charge is -2.14. The molecule has 1 aromatic carbocycles. The van der Waals surface area contributed by atoms with Crippen molar-refractivity contribution in [2.24, 2.45) is 12.8 Å². The maximum Gasteiger partial charge on any atom is 0.159 e. The van der Waals surface area contributed by atoms with Gasteiger partial charge in [-0.15, -0.1) is 0 Å². The first-order valence-corrected chi connectivity index (χ1v) is 5.87. The van der Waals surface area contributed by atoms with Crippen LogP contribution in [-0.4, -0.2) is 16.3 Å². The van der Waals surface area contributed by atoms with Crippen LogP contribution < -0.4 is 5.73 Å². The molecule has 0 radical (unpaired) electrons. The molecule has 0 amide bonds. The van der Waals surface area contributed by atoms with Crippen molar-refractivity contribution in [2.45, 2.75) is 18.3 Å². The third-order valence-electron chi connectivity index (χ3n) is 3.65. The van der Waals surface area contributed by atoms with Crippen molar-refractivity contribution in [3.63, 3.8) is 0 Å². The number of aryl methyl sites for hydroxylation is 1. The summed E-state index contributed by atoms with van der Waals surface area (Å²) >= 11 is 6.20. The third-order valence-corrected chi connectivity index (χ3v) is 3.92. The molecular formula is C12H14ClN3. The topological polar surface area (TPSA) is 43.8 Å². The Bertz CT molecular complexity index is 555. The van der Waals surface area contributed by atoms with Gasteiger partial charge in [-0.25, -0.2) is 0 Å². The average molecular weight is 236 g/mol. The predicted octanol–water partition coefficient (Wildman–Crippen LogP) is 2.22. The van der Waals surface area contributed by atoms with Gasteiger partial charge in [0.1, 0.15) is 0 Å². The average Bonchev–Trinajstić information content (AvgIpc) is 3.03. The first-order valence-electron chi connectivity index (χ1n) is 5.50. The van der Waals surface area contributed by atoms with Gasteiger partial charge in [0.25, 0.3) is 0 Å². The predicted molar refractivity (Wildman–Crippen MR) is 65.7 cm³/mol. The van der Waals surface area contributed by atoms with Crippen LogP contribution in [0.15, 0.2) is 18.2 Å². The van der Waals surface area contributed by atoms with Gasteiger partial charge in [0.15, 0.2) is 5.15 Å². The zero-order valence-corrected chi connectivity index (χ0v) is 9.96. The van der Waals surface area contributed by atoms with E-state index in [0.717, 1.165) is 23.7 Å². The number of benzene rings is 1. The Balaban J connectivity index is 2.33. The maximum absolute atomic E-state index is 6.20. The largest absolute Gasteiger partial charge is 0.330 e. The summed E-state index contributed by atoms with van der Waals surface area (Å²) in [4.78, 5) is 0. The van der Waals surface area contributed by atoms with Crippen LogP contribution in [0.1, 0.15) is 18.4 Å². The molecule has 0 saturated heterocycles. The molecule has 1 heterocycles. The van der Waals surface area contributed by atoms with Crippen LogP contribution in [-0.2, 0) is 12.5 Å². The summed E-state index contributed by atoms with van der Waals surface area (Å²) < 4.78 is 1.83. The van der Waals surface area contributed by atoms with Gasteiger partial charge in [-0.1, -0.05) is 23.7 Å². The van der Waals surface area contributed by atoms with Gasteiger partial charge in [0.05, 0.1) is 5.52 Å². The van der Waals surface area contributed by atoms with E-state index < -0.39 is 0 Å². The summed E-state index contributed by atoms with van der Waals surface area (Å²) in [5, 5.41) is 5.94. The number of hydrogen-bond donors (Lipinski definition) is 1. The highest BCUT2D eigenvalue weighted by Crippen LogP contribution is 2.50. The molecule has 1 fully saturated rings. The van der Waals surface area contributed by atoms with E-state index in [-0.39, 0.29) is 5.41 Å². The second-order valence-electron chi connectivity index (χ2n) is 4.60. The van der Waals surface area contributed by atoms with Crippen LogP contribution in [0.2, 0.25) is 5.15 Å². The van der Waals surface area contributed by atoms with Gasteiger partial charge < -0.3 is 5.73 Å². The van der Waals surface area contributed by atoms with E-state index in [1.807, 2.05) is 17.8 Å². The number of rotatable bonds is 2. The van der Waals surface area contributed by atoms with Crippen molar-refractivity contribution in [1.82, 2.24) is 9.78 Å². The zero-order chi connectivity index (χ0) is 11.3. The molecule has 2 aromatic rings. The molecule has 2 N–H and O–H groups in total. The molecule has 0 bridgehead atoms. The minimum atomic E-state index is 0.159. The molecule has 0 spiro atoms. The highest BCUT2D eigenvalue weighted by atomic mass is 35.5. The minimum Gasteiger partial charge on any atom is -0.330 e. The monoisotopic (exact) mass is 235 g/mol. The molecule has 1 saturated carbocycles. The van der Waals surface area contributed by atoms with Gasteiger partial charge in [-0.3, -0.25) is 4.68 Å². The highest BCUT2D eigenvalue weighted by Gasteiger charge is 2.44. The third kappa shape index (κ3) is 1.22. The van der Waals surface area contributed by atoms with E-state index in [2.05, 4.69) is 17.2 Å². The first-order chi connectivity index (χ1) is 7.68. The Morgan fingerprint density at radius 1 is 1.50 bits per heavy atom. The van der Waals surface area contributed by atoms with E-state index in [1.54, 1.807) is 0 Å². The van der Waals surface area contributed by atoms with E-state index in [0.29, 0.717) is 11.7 Å². The van der Waals surface area contributed by atoms with E-state index >= 15 is 0 Å². The van der Waals surface area contributed by atoms with Crippen LogP contribution >= 0.6 is 11.6 Å². The number of hydrogen-bond acceptors (Lipinski definition) is 2. The lowest BCUT2D eigenvalue weighted by Crippen LogP contribution is -2.19. The van der Waals surface area contributed by atoms with Gasteiger partial charge in [0, 0.05) is 24.4 Å². The highest BCUT2D eigenvalue weighted by molar-refractivity contribution is 6.34. The van der Waals surface area contributed by atoms with Crippen molar-refractivity contribution in [3.8, 4) is 0 Å². The number of aromatic nitrogens is 2. The van der Waals surface area contributed by atoms with Crippen molar-refractivity contribution in [2.75, 3.05) is 6.54 Å². The van der Waals surface area contributed by atoms with Crippen molar-refractivity contribution in [1.29, 1.82) is 0 Å². The molecular weight excluding hydrogens is 222 g/mol. The molecule has 0 aliphatic heterocycles. The normalized spacial score (nSPS) is 17.9. The second kappa shape index (κ2) is 3.22. The Kier molecular flexibility index (Phi) is 2.03. The second-order valence-corrected chi connectivity index (χ2v) is 4.96. The number of nitrogens with zero attached hydrogens (tertiary/aromatic N) is 2. The Hall–Kier alpha value is -1.06. The molecule has 3 nitrogen and oxygen atoms in total. The first kappa shape index (κ1) is 10.1. The Morgan fingerprint density at radius 3 is 2.88 bits per heavy atom. The molecule has 84 valence electrons. The summed E-state index contributed by atoms with van der Waals surface area (Å²) in [6.07, 6.45) is 2.32. The fourth-order valence-corrected chi connectivity index (χ4v) is 2.75. The van der Waals surface area contributed by atoms with Gasteiger partial charge in [-0.2, -0.15) is 5.10 Å². The fraction of sp³-hybridized carbons (Fsp3) is 0.417. The van der Waals surface area contributed by atoms with Crippen LogP contribution in [0, 0.1) is 0 Å². The molecule has 0 unspecified atom stereocenters. The number of fused-ring (bicyclic) bond motifs is 1. The lowest BCUT2D eigenvalue weighted by molar-refractivity contribution is 0.711. The van der Waals surface area contributed by atoms with Crippen molar-refractivity contribution < 1.29 is 0 Å². The van der Waals surface area contributed by atoms with Crippen LogP contribution in [0.4, 0.5) is 0 Å². The molecule has 0 atom stereocenters. The smallest absolute Gasteiger partial charge is 0.159 e. The fourth-order valence-electron chi connectivity index (χ4n) is 2.44. The summed E-state index contributed by atoms with van der Waals surface area (Å²) in [6, 6.07) is 6.24. The van der Waals surface area contributed by atoms with Crippen molar-refractivity contribution in [3.05, 3.63) is 28.9 Å². The summed E-state index contributed by atoms with van der Waals surface area (Å²) in [6.45, 7) is 0.692. The van der Waals surface area contributed by atoms with Crippen LogP contribution in [0.25, 0.3) is 10.9 Å². The van der Waals surface area contributed by atoms with E-state index in [9.17, 15) is 0 Å². The van der Waals surface area contributed by atoms with Crippen LogP contribution in [0.5, 0.6) is 0 Å². The maximum atomic E-state index is 6.20. The zero-order valence-electron chi connectivity index (χ0n) is 9.20. The molecule has 1 aromatic heterocycles. The number of halogens is 1. The Labute approximate surface area is 99.2 Å². The number of nitrogens with two attached hydrogens (primary N) is 1. The van der Waals surface area contributed by atoms with Gasteiger partial charge in [0.2, 0.25) is 0 Å². The van der Waals surface area contributed by atoms with Crippen molar-refractivity contribution >= 4 is 22.5 Å². The van der Waals surface area contributed by atoms with Crippen LogP contribution in [0.3, 0.4) is 0 Å². The summed E-state index contributed by atoms with van der Waals surface area (Å²) in [5.41, 5.74) is 8.39. The quantitative estimate of drug-likeness (QED) is 0.868. The summed E-state index contributed by atoms with van der Waals surface area (Å²) in [7, 11) is 1.92. The SMILES string of the molecule is Cn1nc(Cl)c2c(C3(CN)CC3)cccc21. The van der Waals surface area contributed by atoms with Gasteiger partial charge >= 0.3 is 0 Å². The van der Waals surface area contributed by atoms with E-state index in [4.69, 9.17) is 17.3 Å². The minimum absolute atomic E-state index is 0.159. The standard InChI is InChI=1S/C12H14ClN3/c1-16-9-4-2-3-8(10(9)11(13)15-16)12(7-14)5-6-12/h2-4H,5-7,14H2,1H3. The molecule has 3 rings (SSSR count). The summed E-state index contributed by atoms with van der Waals surface area (Å²) in [5.74, 6) is 0. The lowest BCUT2D eigenvalue weighted by atomic mass is 9.93. The molecule has 4 heteroatoms. The van der Waals surface area contributed by atoms with E-state index in [1.165, 1.54) is 5.56 Å². The molecule has 1 aliphatic carbocycles.